The van der Waals surface area contributed by atoms with Crippen LogP contribution in [0.15, 0.2) is 0 Å². The topological polar surface area (TPSA) is 15.3 Å². The van der Waals surface area contributed by atoms with Crippen molar-refractivity contribution in [3.05, 3.63) is 0 Å². The molecule has 1 saturated heterocycles. The fourth-order valence-corrected chi connectivity index (χ4v) is 4.18. The van der Waals surface area contributed by atoms with Crippen molar-refractivity contribution >= 4 is 11.8 Å². The Bertz CT molecular complexity index is 204. The molecule has 94 valence electrons. The quantitative estimate of drug-likeness (QED) is 0.719. The van der Waals surface area contributed by atoms with Gasteiger partial charge in [-0.1, -0.05) is 6.92 Å². The Balaban J connectivity index is 1.71. The summed E-state index contributed by atoms with van der Waals surface area (Å²) in [7, 11) is 2.35. The second-order valence-electron chi connectivity index (χ2n) is 5.29. The van der Waals surface area contributed by atoms with E-state index in [0.717, 1.165) is 18.0 Å². The van der Waals surface area contributed by atoms with E-state index in [1.807, 2.05) is 0 Å². The van der Waals surface area contributed by atoms with E-state index in [4.69, 9.17) is 0 Å². The first-order valence-corrected chi connectivity index (χ1v) is 7.98. The molecule has 2 fully saturated rings. The van der Waals surface area contributed by atoms with Crippen LogP contribution in [-0.2, 0) is 0 Å². The second kappa shape index (κ2) is 6.27. The molecular formula is C13H26N2S. The minimum atomic E-state index is 0.865. The molecule has 2 rings (SSSR count). The molecule has 0 amide bonds. The maximum atomic E-state index is 3.58. The van der Waals surface area contributed by atoms with E-state index < -0.39 is 0 Å². The molecule has 0 aromatic heterocycles. The summed E-state index contributed by atoms with van der Waals surface area (Å²) in [6.45, 7) is 4.67. The highest BCUT2D eigenvalue weighted by Crippen LogP contribution is 2.34. The Kier molecular flexibility index (Phi) is 4.98. The van der Waals surface area contributed by atoms with Crippen molar-refractivity contribution in [1.29, 1.82) is 0 Å². The molecule has 3 atom stereocenters. The van der Waals surface area contributed by atoms with Gasteiger partial charge in [0.05, 0.1) is 0 Å². The van der Waals surface area contributed by atoms with Gasteiger partial charge in [-0.25, -0.2) is 0 Å². The third kappa shape index (κ3) is 2.93. The van der Waals surface area contributed by atoms with E-state index in [1.54, 1.807) is 0 Å². The van der Waals surface area contributed by atoms with Gasteiger partial charge < -0.3 is 5.32 Å². The number of thioether (sulfide) groups is 1. The molecule has 1 heterocycles. The molecule has 2 aliphatic rings. The van der Waals surface area contributed by atoms with E-state index in [9.17, 15) is 0 Å². The van der Waals surface area contributed by atoms with Crippen LogP contribution in [0.25, 0.3) is 0 Å². The highest BCUT2D eigenvalue weighted by Gasteiger charge is 2.36. The summed E-state index contributed by atoms with van der Waals surface area (Å²) in [5, 5.41) is 3.58. The molecule has 0 aromatic rings. The molecule has 1 aliphatic heterocycles. The average molecular weight is 242 g/mol. The first-order chi connectivity index (χ1) is 7.83. The summed E-state index contributed by atoms with van der Waals surface area (Å²) in [6.07, 6.45) is 5.53. The van der Waals surface area contributed by atoms with Gasteiger partial charge in [-0.3, -0.25) is 4.90 Å². The predicted molar refractivity (Wildman–Crippen MR) is 73.2 cm³/mol. The molecule has 0 aromatic carbocycles. The van der Waals surface area contributed by atoms with Gasteiger partial charge in [0, 0.05) is 17.8 Å². The van der Waals surface area contributed by atoms with Gasteiger partial charge in [0.25, 0.3) is 0 Å². The van der Waals surface area contributed by atoms with E-state index in [-0.39, 0.29) is 0 Å². The normalized spacial score (nSPS) is 34.3. The van der Waals surface area contributed by atoms with Crippen molar-refractivity contribution in [2.24, 2.45) is 5.92 Å². The predicted octanol–water partition coefficient (Wildman–Crippen LogP) is 2.20. The standard InChI is InChI=1S/C13H26N2S/c1-3-7-14-9-11-4-5-13(11)15(2)12-6-8-16-10-12/h11-14H,3-10H2,1-2H3. The minimum Gasteiger partial charge on any atom is -0.316 e. The number of nitrogens with one attached hydrogen (secondary N) is 1. The highest BCUT2D eigenvalue weighted by molar-refractivity contribution is 7.99. The molecule has 0 radical (unpaired) electrons. The van der Waals surface area contributed by atoms with Crippen LogP contribution in [0.5, 0.6) is 0 Å². The lowest BCUT2D eigenvalue weighted by atomic mass is 9.78. The van der Waals surface area contributed by atoms with Gasteiger partial charge >= 0.3 is 0 Å². The van der Waals surface area contributed by atoms with Gasteiger partial charge in [0.15, 0.2) is 0 Å². The summed E-state index contributed by atoms with van der Waals surface area (Å²) in [4.78, 5) is 2.68. The molecule has 1 saturated carbocycles. The number of rotatable bonds is 6. The van der Waals surface area contributed by atoms with E-state index in [0.29, 0.717) is 0 Å². The van der Waals surface area contributed by atoms with Crippen LogP contribution in [-0.4, -0.2) is 48.6 Å². The average Bonchev–Trinajstić information content (AvgIpc) is 2.76. The maximum Gasteiger partial charge on any atom is 0.0194 e. The highest BCUT2D eigenvalue weighted by atomic mass is 32.2. The largest absolute Gasteiger partial charge is 0.316 e. The molecular weight excluding hydrogens is 216 g/mol. The summed E-state index contributed by atoms with van der Waals surface area (Å²) < 4.78 is 0. The summed E-state index contributed by atoms with van der Waals surface area (Å²) >= 11 is 2.13. The molecule has 3 unspecified atom stereocenters. The lowest BCUT2D eigenvalue weighted by Crippen LogP contribution is -2.52. The molecule has 1 aliphatic carbocycles. The van der Waals surface area contributed by atoms with Crippen molar-refractivity contribution in [1.82, 2.24) is 10.2 Å². The van der Waals surface area contributed by atoms with Crippen LogP contribution in [0.1, 0.15) is 32.6 Å². The third-order valence-electron chi connectivity index (χ3n) is 4.22. The Labute approximate surface area is 105 Å². The zero-order chi connectivity index (χ0) is 11.4. The van der Waals surface area contributed by atoms with Gasteiger partial charge in [-0.2, -0.15) is 11.8 Å². The first-order valence-electron chi connectivity index (χ1n) is 6.83. The Morgan fingerprint density at radius 1 is 1.31 bits per heavy atom. The van der Waals surface area contributed by atoms with Crippen LogP contribution >= 0.6 is 11.8 Å². The van der Waals surface area contributed by atoms with Gasteiger partial charge in [-0.05, 0) is 57.5 Å². The van der Waals surface area contributed by atoms with Crippen LogP contribution in [0.3, 0.4) is 0 Å². The summed E-state index contributed by atoms with van der Waals surface area (Å²) in [6, 6.07) is 1.73. The fourth-order valence-electron chi connectivity index (χ4n) is 2.90. The summed E-state index contributed by atoms with van der Waals surface area (Å²) in [5.41, 5.74) is 0. The van der Waals surface area contributed by atoms with E-state index in [1.165, 1.54) is 50.3 Å². The Morgan fingerprint density at radius 3 is 2.75 bits per heavy atom. The van der Waals surface area contributed by atoms with Gasteiger partial charge in [-0.15, -0.1) is 0 Å². The molecule has 3 heteroatoms. The van der Waals surface area contributed by atoms with E-state index in [2.05, 4.69) is 35.9 Å². The SMILES string of the molecule is CCCNCC1CCC1N(C)C1CCSC1. The van der Waals surface area contributed by atoms with E-state index >= 15 is 0 Å². The number of hydrogen-bond donors (Lipinski definition) is 1. The molecule has 2 nitrogen and oxygen atoms in total. The van der Waals surface area contributed by atoms with Crippen molar-refractivity contribution in [2.75, 3.05) is 31.6 Å². The van der Waals surface area contributed by atoms with Crippen molar-refractivity contribution in [3.8, 4) is 0 Å². The monoisotopic (exact) mass is 242 g/mol. The second-order valence-corrected chi connectivity index (χ2v) is 6.44. The Hall–Kier alpha value is 0.270. The van der Waals surface area contributed by atoms with Crippen LogP contribution in [0.4, 0.5) is 0 Å². The van der Waals surface area contributed by atoms with Crippen LogP contribution in [0.2, 0.25) is 0 Å². The zero-order valence-electron chi connectivity index (χ0n) is 10.7. The molecule has 0 spiro atoms. The van der Waals surface area contributed by atoms with Gasteiger partial charge in [0.2, 0.25) is 0 Å². The number of nitrogens with zero attached hydrogens (tertiary/aromatic N) is 1. The maximum absolute atomic E-state index is 3.58. The lowest BCUT2D eigenvalue weighted by Gasteiger charge is -2.45. The minimum absolute atomic E-state index is 0.865. The third-order valence-corrected chi connectivity index (χ3v) is 5.36. The Morgan fingerprint density at radius 2 is 2.19 bits per heavy atom. The van der Waals surface area contributed by atoms with Crippen molar-refractivity contribution in [3.63, 3.8) is 0 Å². The summed E-state index contributed by atoms with van der Waals surface area (Å²) in [5.74, 6) is 3.66. The first kappa shape index (κ1) is 12.7. The van der Waals surface area contributed by atoms with Crippen molar-refractivity contribution < 1.29 is 0 Å². The molecule has 0 bridgehead atoms. The van der Waals surface area contributed by atoms with Crippen molar-refractivity contribution in [2.45, 2.75) is 44.7 Å². The molecule has 1 N–H and O–H groups in total. The smallest absolute Gasteiger partial charge is 0.0194 e. The van der Waals surface area contributed by atoms with Gasteiger partial charge in [0.1, 0.15) is 0 Å². The zero-order valence-corrected chi connectivity index (χ0v) is 11.6. The lowest BCUT2D eigenvalue weighted by molar-refractivity contribution is 0.0577. The van der Waals surface area contributed by atoms with Crippen LogP contribution in [0, 0.1) is 5.92 Å². The number of hydrogen-bond acceptors (Lipinski definition) is 3. The fraction of sp³-hybridized carbons (Fsp3) is 1.00. The molecule has 16 heavy (non-hydrogen) atoms. The van der Waals surface area contributed by atoms with Crippen LogP contribution < -0.4 is 5.32 Å².